The van der Waals surface area contributed by atoms with Gasteiger partial charge < -0.3 is 10.6 Å². The van der Waals surface area contributed by atoms with Gasteiger partial charge in [0.1, 0.15) is 0 Å². The Morgan fingerprint density at radius 2 is 1.90 bits per heavy atom. The van der Waals surface area contributed by atoms with Crippen LogP contribution in [0.2, 0.25) is 0 Å². The molecule has 1 fully saturated rings. The number of carbonyl (C=O) groups excluding carboxylic acids is 1. The van der Waals surface area contributed by atoms with Crippen LogP contribution in [-0.4, -0.2) is 23.9 Å². The van der Waals surface area contributed by atoms with E-state index in [1.54, 1.807) is 0 Å². The highest BCUT2D eigenvalue weighted by Crippen LogP contribution is 2.31. The van der Waals surface area contributed by atoms with Crippen molar-refractivity contribution in [3.63, 3.8) is 0 Å². The number of carbonyl (C=O) groups is 1. The average Bonchev–Trinajstić information content (AvgIpc) is 2.77. The fourth-order valence-electron chi connectivity index (χ4n) is 2.71. The molecule has 1 heterocycles. The van der Waals surface area contributed by atoms with Crippen LogP contribution in [0.25, 0.3) is 0 Å². The average molecular weight is 297 g/mol. The molecule has 2 rings (SSSR count). The van der Waals surface area contributed by atoms with Crippen LogP contribution in [0.5, 0.6) is 0 Å². The summed E-state index contributed by atoms with van der Waals surface area (Å²) in [5.41, 5.74) is 7.50. The molecule has 2 N–H and O–H groups in total. The molecule has 0 saturated carbocycles. The molecule has 1 aliphatic rings. The van der Waals surface area contributed by atoms with E-state index in [1.807, 2.05) is 42.2 Å². The molecular weight excluding hydrogens is 272 g/mol. The highest BCUT2D eigenvalue weighted by Gasteiger charge is 2.35. The van der Waals surface area contributed by atoms with E-state index in [4.69, 9.17) is 5.73 Å². The standard InChI is InChI=1S/C16H24N2O.ClH/c1-12(14(17)13-7-5-4-6-8-13)15(19)18-10-9-16(2,3)11-18;/h4-8,12,14H,9-11,17H2,1-3H3;1H. The molecule has 3 nitrogen and oxygen atoms in total. The van der Waals surface area contributed by atoms with Crippen molar-refractivity contribution in [3.8, 4) is 0 Å². The van der Waals surface area contributed by atoms with Crippen molar-refractivity contribution in [1.82, 2.24) is 4.90 Å². The van der Waals surface area contributed by atoms with Crippen molar-refractivity contribution in [2.24, 2.45) is 17.1 Å². The first-order valence-electron chi connectivity index (χ1n) is 7.00. The number of nitrogens with two attached hydrogens (primary N) is 1. The Morgan fingerprint density at radius 3 is 2.40 bits per heavy atom. The second-order valence-electron chi connectivity index (χ2n) is 6.40. The van der Waals surface area contributed by atoms with Crippen molar-refractivity contribution >= 4 is 18.3 Å². The second-order valence-corrected chi connectivity index (χ2v) is 6.40. The minimum atomic E-state index is -0.225. The summed E-state index contributed by atoms with van der Waals surface area (Å²) in [6.45, 7) is 8.06. The molecule has 1 aliphatic heterocycles. The van der Waals surface area contributed by atoms with Crippen molar-refractivity contribution in [1.29, 1.82) is 0 Å². The van der Waals surface area contributed by atoms with Gasteiger partial charge in [0.2, 0.25) is 5.91 Å². The zero-order valence-corrected chi connectivity index (χ0v) is 13.3. The van der Waals surface area contributed by atoms with Gasteiger partial charge in [-0.05, 0) is 17.4 Å². The molecule has 4 heteroatoms. The van der Waals surface area contributed by atoms with Gasteiger partial charge >= 0.3 is 0 Å². The summed E-state index contributed by atoms with van der Waals surface area (Å²) in [4.78, 5) is 14.5. The predicted molar refractivity (Wildman–Crippen MR) is 84.8 cm³/mol. The molecule has 1 aromatic carbocycles. The summed E-state index contributed by atoms with van der Waals surface area (Å²) in [6, 6.07) is 9.64. The molecule has 2 unspecified atom stereocenters. The minimum Gasteiger partial charge on any atom is -0.342 e. The van der Waals surface area contributed by atoms with Gasteiger partial charge in [-0.25, -0.2) is 0 Å². The minimum absolute atomic E-state index is 0. The quantitative estimate of drug-likeness (QED) is 0.932. The Morgan fingerprint density at radius 1 is 1.30 bits per heavy atom. The Kier molecular flexibility index (Phi) is 5.60. The van der Waals surface area contributed by atoms with Crippen LogP contribution in [0, 0.1) is 11.3 Å². The summed E-state index contributed by atoms with van der Waals surface area (Å²) in [5, 5.41) is 0. The lowest BCUT2D eigenvalue weighted by molar-refractivity contribution is -0.135. The Bertz CT molecular complexity index is 447. The fraction of sp³-hybridized carbons (Fsp3) is 0.562. The Balaban J connectivity index is 0.00000200. The summed E-state index contributed by atoms with van der Waals surface area (Å²) in [5.74, 6) is 0.0122. The van der Waals surface area contributed by atoms with E-state index >= 15 is 0 Å². The molecule has 112 valence electrons. The summed E-state index contributed by atoms with van der Waals surface area (Å²) in [7, 11) is 0. The van der Waals surface area contributed by atoms with Gasteiger partial charge in [-0.15, -0.1) is 12.4 Å². The summed E-state index contributed by atoms with van der Waals surface area (Å²) < 4.78 is 0. The molecule has 0 aliphatic carbocycles. The van der Waals surface area contributed by atoms with Crippen molar-refractivity contribution < 1.29 is 4.79 Å². The first kappa shape index (κ1) is 17.0. The topological polar surface area (TPSA) is 46.3 Å². The highest BCUT2D eigenvalue weighted by molar-refractivity contribution is 5.85. The monoisotopic (exact) mass is 296 g/mol. The zero-order chi connectivity index (χ0) is 14.0. The van der Waals surface area contributed by atoms with Gasteiger partial charge in [-0.3, -0.25) is 4.79 Å². The maximum absolute atomic E-state index is 12.5. The van der Waals surface area contributed by atoms with Crippen molar-refractivity contribution in [2.45, 2.75) is 33.2 Å². The van der Waals surface area contributed by atoms with Crippen LogP contribution in [-0.2, 0) is 4.79 Å². The van der Waals surface area contributed by atoms with Crippen LogP contribution in [0.3, 0.4) is 0 Å². The number of halogens is 1. The van der Waals surface area contributed by atoms with Crippen LogP contribution in [0.15, 0.2) is 30.3 Å². The van der Waals surface area contributed by atoms with E-state index in [2.05, 4.69) is 13.8 Å². The molecule has 0 radical (unpaired) electrons. The van der Waals surface area contributed by atoms with Gasteiger partial charge in [-0.2, -0.15) is 0 Å². The molecule has 0 spiro atoms. The van der Waals surface area contributed by atoms with E-state index in [0.29, 0.717) is 0 Å². The van der Waals surface area contributed by atoms with Gasteiger partial charge in [-0.1, -0.05) is 51.1 Å². The lowest BCUT2D eigenvalue weighted by Gasteiger charge is -2.26. The molecule has 1 saturated heterocycles. The predicted octanol–water partition coefficient (Wildman–Crippen LogP) is 3.00. The second kappa shape index (κ2) is 6.59. The van der Waals surface area contributed by atoms with E-state index in [9.17, 15) is 4.79 Å². The van der Waals surface area contributed by atoms with E-state index in [1.165, 1.54) is 0 Å². The maximum Gasteiger partial charge on any atom is 0.227 e. The molecule has 20 heavy (non-hydrogen) atoms. The molecule has 2 atom stereocenters. The summed E-state index contributed by atoms with van der Waals surface area (Å²) in [6.07, 6.45) is 1.08. The van der Waals surface area contributed by atoms with Gasteiger partial charge in [0.05, 0.1) is 5.92 Å². The number of hydrogen-bond donors (Lipinski definition) is 1. The normalized spacial score (nSPS) is 20.1. The number of hydrogen-bond acceptors (Lipinski definition) is 2. The zero-order valence-electron chi connectivity index (χ0n) is 12.5. The van der Waals surface area contributed by atoms with Gasteiger partial charge in [0.25, 0.3) is 0 Å². The third-order valence-corrected chi connectivity index (χ3v) is 4.10. The van der Waals surface area contributed by atoms with Crippen LogP contribution < -0.4 is 5.73 Å². The van der Waals surface area contributed by atoms with Gasteiger partial charge in [0, 0.05) is 19.1 Å². The first-order chi connectivity index (χ1) is 8.91. The molecule has 1 amide bonds. The first-order valence-corrected chi connectivity index (χ1v) is 7.00. The number of benzene rings is 1. The van der Waals surface area contributed by atoms with Crippen molar-refractivity contribution in [2.75, 3.05) is 13.1 Å². The molecule has 0 aromatic heterocycles. The SMILES string of the molecule is CC(C(=O)N1CCC(C)(C)C1)C(N)c1ccccc1.Cl. The highest BCUT2D eigenvalue weighted by atomic mass is 35.5. The summed E-state index contributed by atoms with van der Waals surface area (Å²) >= 11 is 0. The molecular formula is C16H25ClN2O. The number of nitrogens with zero attached hydrogens (tertiary/aromatic N) is 1. The molecule has 1 aromatic rings. The van der Waals surface area contributed by atoms with Crippen LogP contribution in [0.1, 0.15) is 38.8 Å². The lowest BCUT2D eigenvalue weighted by Crippen LogP contribution is -2.38. The van der Waals surface area contributed by atoms with Crippen LogP contribution >= 0.6 is 12.4 Å². The Hall–Kier alpha value is -1.06. The lowest BCUT2D eigenvalue weighted by atomic mass is 9.92. The molecule has 0 bridgehead atoms. The Labute approximate surface area is 127 Å². The van der Waals surface area contributed by atoms with Crippen LogP contribution in [0.4, 0.5) is 0 Å². The third kappa shape index (κ3) is 3.74. The largest absolute Gasteiger partial charge is 0.342 e. The third-order valence-electron chi connectivity index (χ3n) is 4.10. The maximum atomic E-state index is 12.5. The van der Waals surface area contributed by atoms with E-state index < -0.39 is 0 Å². The number of rotatable bonds is 3. The van der Waals surface area contributed by atoms with Crippen molar-refractivity contribution in [3.05, 3.63) is 35.9 Å². The van der Waals surface area contributed by atoms with Gasteiger partial charge in [0.15, 0.2) is 0 Å². The smallest absolute Gasteiger partial charge is 0.227 e. The fourth-order valence-corrected chi connectivity index (χ4v) is 2.71. The number of likely N-dealkylation sites (tertiary alicyclic amines) is 1. The van der Waals surface area contributed by atoms with E-state index in [-0.39, 0.29) is 35.7 Å². The number of amides is 1. The van der Waals surface area contributed by atoms with E-state index in [0.717, 1.165) is 25.1 Å².